The predicted molar refractivity (Wildman–Crippen MR) is 104 cm³/mol. The van der Waals surface area contributed by atoms with Gasteiger partial charge in [0.25, 0.3) is 11.8 Å². The molecule has 1 fully saturated rings. The molecule has 0 unspecified atom stereocenters. The van der Waals surface area contributed by atoms with E-state index in [4.69, 9.17) is 16.3 Å². The van der Waals surface area contributed by atoms with Crippen molar-refractivity contribution >= 4 is 34.7 Å². The quantitative estimate of drug-likeness (QED) is 0.764. The second-order valence-electron chi connectivity index (χ2n) is 6.61. The molecule has 0 saturated carbocycles. The molecule has 2 aromatic carbocycles. The Morgan fingerprint density at radius 1 is 0.963 bits per heavy atom. The SMILES string of the molecule is Cc1cccc(N2C(=O)C(c3ccc(Cl)cc3)=C(N3CCOCC3)C2=O)c1. The van der Waals surface area contributed by atoms with Crippen molar-refractivity contribution in [3.05, 3.63) is 70.4 Å². The second-order valence-corrected chi connectivity index (χ2v) is 7.05. The molecule has 2 heterocycles. The molecular weight excluding hydrogens is 364 g/mol. The van der Waals surface area contributed by atoms with Crippen LogP contribution >= 0.6 is 11.6 Å². The Morgan fingerprint density at radius 3 is 2.33 bits per heavy atom. The van der Waals surface area contributed by atoms with Crippen LogP contribution in [0.25, 0.3) is 5.57 Å². The third kappa shape index (κ3) is 3.24. The number of morpholine rings is 1. The number of hydrogen-bond acceptors (Lipinski definition) is 4. The van der Waals surface area contributed by atoms with Gasteiger partial charge in [-0.15, -0.1) is 0 Å². The van der Waals surface area contributed by atoms with Crippen molar-refractivity contribution in [3.63, 3.8) is 0 Å². The number of rotatable bonds is 3. The predicted octanol–water partition coefficient (Wildman–Crippen LogP) is 3.27. The molecule has 5 nitrogen and oxygen atoms in total. The van der Waals surface area contributed by atoms with Gasteiger partial charge >= 0.3 is 0 Å². The number of nitrogens with zero attached hydrogens (tertiary/aromatic N) is 2. The number of carbonyl (C=O) groups excluding carboxylic acids is 2. The smallest absolute Gasteiger partial charge is 0.282 e. The van der Waals surface area contributed by atoms with Gasteiger partial charge in [0.15, 0.2) is 0 Å². The fourth-order valence-corrected chi connectivity index (χ4v) is 3.60. The summed E-state index contributed by atoms with van der Waals surface area (Å²) < 4.78 is 5.41. The highest BCUT2D eigenvalue weighted by atomic mass is 35.5. The average Bonchev–Trinajstić information content (AvgIpc) is 2.93. The first kappa shape index (κ1) is 17.8. The van der Waals surface area contributed by atoms with E-state index in [1.807, 2.05) is 30.0 Å². The highest BCUT2D eigenvalue weighted by Gasteiger charge is 2.42. The van der Waals surface area contributed by atoms with Gasteiger partial charge < -0.3 is 9.64 Å². The van der Waals surface area contributed by atoms with E-state index < -0.39 is 0 Å². The lowest BCUT2D eigenvalue weighted by Crippen LogP contribution is -2.40. The van der Waals surface area contributed by atoms with Gasteiger partial charge in [0.1, 0.15) is 5.70 Å². The second kappa shape index (κ2) is 7.18. The maximum atomic E-state index is 13.3. The summed E-state index contributed by atoms with van der Waals surface area (Å²) in [7, 11) is 0. The summed E-state index contributed by atoms with van der Waals surface area (Å²) in [6.07, 6.45) is 0. The summed E-state index contributed by atoms with van der Waals surface area (Å²) in [5, 5.41) is 0.583. The molecule has 2 aliphatic rings. The minimum Gasteiger partial charge on any atom is -0.378 e. The van der Waals surface area contributed by atoms with Gasteiger partial charge in [-0.1, -0.05) is 35.9 Å². The highest BCUT2D eigenvalue weighted by Crippen LogP contribution is 2.35. The minimum absolute atomic E-state index is 0.294. The molecule has 0 N–H and O–H groups in total. The third-order valence-corrected chi connectivity index (χ3v) is 5.03. The minimum atomic E-state index is -0.311. The van der Waals surface area contributed by atoms with Gasteiger partial charge in [-0.2, -0.15) is 0 Å². The van der Waals surface area contributed by atoms with E-state index in [9.17, 15) is 9.59 Å². The molecule has 0 spiro atoms. The molecule has 2 aromatic rings. The van der Waals surface area contributed by atoms with Gasteiger partial charge in [0.05, 0.1) is 24.5 Å². The third-order valence-electron chi connectivity index (χ3n) is 4.78. The molecule has 138 valence electrons. The van der Waals surface area contributed by atoms with Crippen molar-refractivity contribution in [2.75, 3.05) is 31.2 Å². The number of imide groups is 1. The average molecular weight is 383 g/mol. The largest absolute Gasteiger partial charge is 0.378 e. The summed E-state index contributed by atoms with van der Waals surface area (Å²) in [6, 6.07) is 14.4. The Balaban J connectivity index is 1.83. The van der Waals surface area contributed by atoms with Crippen LogP contribution in [0.1, 0.15) is 11.1 Å². The Kier molecular flexibility index (Phi) is 4.72. The van der Waals surface area contributed by atoms with Crippen molar-refractivity contribution in [1.29, 1.82) is 0 Å². The van der Waals surface area contributed by atoms with Gasteiger partial charge in [-0.3, -0.25) is 9.59 Å². The number of anilines is 1. The summed E-state index contributed by atoms with van der Waals surface area (Å²) in [6.45, 7) is 4.15. The lowest BCUT2D eigenvalue weighted by molar-refractivity contribution is -0.121. The molecule has 0 atom stereocenters. The Hall–Kier alpha value is -2.63. The molecule has 2 amide bonds. The van der Waals surface area contributed by atoms with Gasteiger partial charge in [-0.25, -0.2) is 4.90 Å². The van der Waals surface area contributed by atoms with E-state index in [0.29, 0.717) is 53.8 Å². The molecule has 0 aromatic heterocycles. The number of amides is 2. The lowest BCUT2D eigenvalue weighted by Gasteiger charge is -2.29. The van der Waals surface area contributed by atoms with Crippen LogP contribution < -0.4 is 4.90 Å². The summed E-state index contributed by atoms with van der Waals surface area (Å²) in [5.41, 5.74) is 3.11. The molecule has 0 radical (unpaired) electrons. The molecule has 0 aliphatic carbocycles. The first-order valence-corrected chi connectivity index (χ1v) is 9.22. The van der Waals surface area contributed by atoms with Crippen molar-refractivity contribution in [2.24, 2.45) is 0 Å². The zero-order valence-corrected chi connectivity index (χ0v) is 15.7. The van der Waals surface area contributed by atoms with Crippen LogP contribution in [0, 0.1) is 6.92 Å². The molecular formula is C21H19ClN2O3. The zero-order valence-electron chi connectivity index (χ0n) is 14.9. The highest BCUT2D eigenvalue weighted by molar-refractivity contribution is 6.45. The van der Waals surface area contributed by atoms with Crippen molar-refractivity contribution in [3.8, 4) is 0 Å². The summed E-state index contributed by atoms with van der Waals surface area (Å²) in [4.78, 5) is 29.9. The lowest BCUT2D eigenvalue weighted by atomic mass is 10.0. The van der Waals surface area contributed by atoms with Crippen LogP contribution in [0.3, 0.4) is 0 Å². The van der Waals surface area contributed by atoms with Gasteiger partial charge in [0, 0.05) is 18.1 Å². The Labute approximate surface area is 162 Å². The molecule has 2 aliphatic heterocycles. The molecule has 27 heavy (non-hydrogen) atoms. The number of carbonyl (C=O) groups is 2. The van der Waals surface area contributed by atoms with E-state index in [2.05, 4.69) is 0 Å². The first-order valence-electron chi connectivity index (χ1n) is 8.84. The van der Waals surface area contributed by atoms with Crippen molar-refractivity contribution in [1.82, 2.24) is 4.90 Å². The number of hydrogen-bond donors (Lipinski definition) is 0. The molecule has 6 heteroatoms. The van der Waals surface area contributed by atoms with Crippen LogP contribution in [0.5, 0.6) is 0 Å². The Bertz CT molecular complexity index is 931. The van der Waals surface area contributed by atoms with E-state index >= 15 is 0 Å². The van der Waals surface area contributed by atoms with Gasteiger partial charge in [0.2, 0.25) is 0 Å². The van der Waals surface area contributed by atoms with Crippen LogP contribution in [-0.4, -0.2) is 43.0 Å². The monoisotopic (exact) mass is 382 g/mol. The van der Waals surface area contributed by atoms with Crippen molar-refractivity contribution in [2.45, 2.75) is 6.92 Å². The Morgan fingerprint density at radius 2 is 1.67 bits per heavy atom. The van der Waals surface area contributed by atoms with Gasteiger partial charge in [-0.05, 0) is 42.3 Å². The normalized spacial score (nSPS) is 17.9. The first-order chi connectivity index (χ1) is 13.1. The van der Waals surface area contributed by atoms with E-state index in [1.54, 1.807) is 30.3 Å². The molecule has 1 saturated heterocycles. The number of ether oxygens (including phenoxy) is 1. The molecule has 0 bridgehead atoms. The van der Waals surface area contributed by atoms with Crippen LogP contribution in [-0.2, 0) is 14.3 Å². The van der Waals surface area contributed by atoms with E-state index in [-0.39, 0.29) is 11.8 Å². The number of aryl methyl sites for hydroxylation is 1. The topological polar surface area (TPSA) is 49.9 Å². The summed E-state index contributed by atoms with van der Waals surface area (Å²) in [5.74, 6) is -0.605. The fraction of sp³-hybridized carbons (Fsp3) is 0.238. The van der Waals surface area contributed by atoms with E-state index in [0.717, 1.165) is 5.56 Å². The molecule has 4 rings (SSSR count). The number of halogens is 1. The fourth-order valence-electron chi connectivity index (χ4n) is 3.48. The maximum absolute atomic E-state index is 13.3. The number of benzene rings is 2. The van der Waals surface area contributed by atoms with Crippen LogP contribution in [0.2, 0.25) is 5.02 Å². The van der Waals surface area contributed by atoms with Crippen LogP contribution in [0.4, 0.5) is 5.69 Å². The zero-order chi connectivity index (χ0) is 19.0. The van der Waals surface area contributed by atoms with Crippen LogP contribution in [0.15, 0.2) is 54.2 Å². The standard InChI is InChI=1S/C21H19ClN2O3/c1-14-3-2-4-17(13-14)24-20(25)18(15-5-7-16(22)8-6-15)19(21(24)26)23-9-11-27-12-10-23/h2-8,13H,9-12H2,1H3. The van der Waals surface area contributed by atoms with E-state index in [1.165, 1.54) is 4.90 Å². The van der Waals surface area contributed by atoms with Crippen molar-refractivity contribution < 1.29 is 14.3 Å². The summed E-state index contributed by atoms with van der Waals surface area (Å²) >= 11 is 6.01. The maximum Gasteiger partial charge on any atom is 0.282 e.